The summed E-state index contributed by atoms with van der Waals surface area (Å²) in [5, 5.41) is 35.8. The normalized spacial score (nSPS) is 15.5. The molecule has 1 fully saturated rings. The number of phenols is 2. The second kappa shape index (κ2) is 13.8. The van der Waals surface area contributed by atoms with Crippen molar-refractivity contribution in [1.82, 2.24) is 15.2 Å². The van der Waals surface area contributed by atoms with Crippen LogP contribution in [0.3, 0.4) is 0 Å². The average molecular weight is 620 g/mol. The Hall–Kier alpha value is -4.63. The molecule has 1 saturated heterocycles. The minimum Gasteiger partial charge on any atom is -0.508 e. The number of aromatic nitrogens is 1. The van der Waals surface area contributed by atoms with Crippen molar-refractivity contribution in [3.63, 3.8) is 0 Å². The van der Waals surface area contributed by atoms with Crippen LogP contribution in [0.15, 0.2) is 102 Å². The van der Waals surface area contributed by atoms with Gasteiger partial charge in [0.1, 0.15) is 23.9 Å². The van der Waals surface area contributed by atoms with Gasteiger partial charge in [-0.3, -0.25) is 4.79 Å². The SMILES string of the molecule is CN1CCC(c2ccccc2)(c2cc(COc3ccc(CCNC[C@H](O)c4ccc(O)c5[nH]c(=O)ccc45)cc3)ccc2O)CC1. The summed E-state index contributed by atoms with van der Waals surface area (Å²) in [6, 6.07) is 30.6. The zero-order chi connectivity index (χ0) is 32.1. The first-order valence-electron chi connectivity index (χ1n) is 15.8. The number of aromatic hydroxyl groups is 2. The number of benzene rings is 4. The molecule has 0 saturated carbocycles. The van der Waals surface area contributed by atoms with E-state index >= 15 is 0 Å². The number of hydrogen-bond acceptors (Lipinski definition) is 7. The molecule has 0 spiro atoms. The largest absolute Gasteiger partial charge is 0.508 e. The first-order chi connectivity index (χ1) is 22.3. The van der Waals surface area contributed by atoms with Crippen LogP contribution in [0.25, 0.3) is 10.9 Å². The van der Waals surface area contributed by atoms with Gasteiger partial charge in [-0.15, -0.1) is 0 Å². The third-order valence-corrected chi connectivity index (χ3v) is 9.27. The zero-order valence-corrected chi connectivity index (χ0v) is 26.1. The van der Waals surface area contributed by atoms with E-state index < -0.39 is 6.10 Å². The van der Waals surface area contributed by atoms with Crippen LogP contribution in [0.4, 0.5) is 0 Å². The van der Waals surface area contributed by atoms with Crippen molar-refractivity contribution in [2.75, 3.05) is 33.2 Å². The molecular weight excluding hydrogens is 578 g/mol. The number of H-pyrrole nitrogens is 1. The second-order valence-corrected chi connectivity index (χ2v) is 12.3. The van der Waals surface area contributed by atoms with Gasteiger partial charge in [-0.1, -0.05) is 54.6 Å². The lowest BCUT2D eigenvalue weighted by molar-refractivity contribution is 0.176. The molecule has 0 aliphatic carbocycles. The van der Waals surface area contributed by atoms with Crippen molar-refractivity contribution in [2.45, 2.75) is 37.4 Å². The highest BCUT2D eigenvalue weighted by atomic mass is 16.5. The van der Waals surface area contributed by atoms with Gasteiger partial charge in [-0.25, -0.2) is 0 Å². The molecule has 0 unspecified atom stereocenters. The van der Waals surface area contributed by atoms with Gasteiger partial charge in [0.2, 0.25) is 5.56 Å². The van der Waals surface area contributed by atoms with Crippen LogP contribution in [0.5, 0.6) is 17.2 Å². The predicted octanol–water partition coefficient (Wildman–Crippen LogP) is 5.40. The molecule has 5 N–H and O–H groups in total. The Morgan fingerprint density at radius 2 is 1.61 bits per heavy atom. The number of nitrogens with zero attached hydrogens (tertiary/aromatic N) is 1. The summed E-state index contributed by atoms with van der Waals surface area (Å²) in [6.45, 7) is 3.33. The van der Waals surface area contributed by atoms with Gasteiger partial charge in [-0.2, -0.15) is 0 Å². The van der Waals surface area contributed by atoms with E-state index in [1.54, 1.807) is 18.2 Å². The Kier molecular flexibility index (Phi) is 9.40. The number of likely N-dealkylation sites (tertiary alicyclic amines) is 1. The van der Waals surface area contributed by atoms with E-state index in [4.69, 9.17) is 4.74 Å². The highest BCUT2D eigenvalue weighted by molar-refractivity contribution is 5.87. The van der Waals surface area contributed by atoms with Gasteiger partial charge in [0.15, 0.2) is 0 Å². The third-order valence-electron chi connectivity index (χ3n) is 9.27. The van der Waals surface area contributed by atoms with Gasteiger partial charge >= 0.3 is 0 Å². The summed E-state index contributed by atoms with van der Waals surface area (Å²) in [5.41, 5.74) is 4.78. The average Bonchev–Trinajstić information content (AvgIpc) is 3.08. The van der Waals surface area contributed by atoms with E-state index in [0.29, 0.717) is 41.9 Å². The number of aliphatic hydroxyl groups excluding tert-OH is 1. The van der Waals surface area contributed by atoms with E-state index in [1.165, 1.54) is 17.7 Å². The van der Waals surface area contributed by atoms with Gasteiger partial charge in [0.25, 0.3) is 0 Å². The zero-order valence-electron chi connectivity index (χ0n) is 26.1. The van der Waals surface area contributed by atoms with Crippen molar-refractivity contribution in [3.8, 4) is 17.2 Å². The van der Waals surface area contributed by atoms with Crippen LogP contribution in [-0.2, 0) is 18.4 Å². The fraction of sp³-hybridized carbons (Fsp3) is 0.289. The second-order valence-electron chi connectivity index (χ2n) is 12.3. The molecule has 6 rings (SSSR count). The number of nitrogens with one attached hydrogen (secondary N) is 2. The van der Waals surface area contributed by atoms with Crippen molar-refractivity contribution >= 4 is 10.9 Å². The van der Waals surface area contributed by atoms with Gasteiger partial charge in [-0.05, 0) is 105 Å². The maximum atomic E-state index is 11.7. The van der Waals surface area contributed by atoms with Gasteiger partial charge < -0.3 is 35.3 Å². The van der Waals surface area contributed by atoms with Crippen molar-refractivity contribution < 1.29 is 20.1 Å². The summed E-state index contributed by atoms with van der Waals surface area (Å²) in [5.74, 6) is 1.08. The maximum absolute atomic E-state index is 11.7. The fourth-order valence-electron chi connectivity index (χ4n) is 6.58. The fourth-order valence-corrected chi connectivity index (χ4v) is 6.58. The van der Waals surface area contributed by atoms with Crippen molar-refractivity contribution in [2.24, 2.45) is 0 Å². The Bertz CT molecular complexity index is 1830. The molecule has 0 radical (unpaired) electrons. The van der Waals surface area contributed by atoms with Crippen LogP contribution in [0, 0.1) is 0 Å². The highest BCUT2D eigenvalue weighted by Gasteiger charge is 2.39. The first-order valence-corrected chi connectivity index (χ1v) is 15.8. The van der Waals surface area contributed by atoms with Crippen molar-refractivity contribution in [3.05, 3.63) is 135 Å². The number of rotatable bonds is 11. The Morgan fingerprint density at radius 1 is 0.891 bits per heavy atom. The smallest absolute Gasteiger partial charge is 0.248 e. The number of fused-ring (bicyclic) bond motifs is 1. The maximum Gasteiger partial charge on any atom is 0.248 e. The molecule has 1 atom stereocenters. The monoisotopic (exact) mass is 619 g/mol. The topological polar surface area (TPSA) is 118 Å². The standard InChI is InChI=1S/C38H41N3O5/c1-41-21-18-38(19-22-41,28-5-3-2-4-6-28)32-23-27(9-14-33(32)42)25-46-29-10-7-26(8-11-29)17-20-39-24-35(44)30-12-15-34(43)37-31(30)13-16-36(45)40-37/h2-16,23,35,39,42-44H,17-22,24-25H2,1H3,(H,40,45)/t35-/m0/s1. The predicted molar refractivity (Wildman–Crippen MR) is 181 cm³/mol. The summed E-state index contributed by atoms with van der Waals surface area (Å²) in [4.78, 5) is 16.6. The summed E-state index contributed by atoms with van der Waals surface area (Å²) in [6.07, 6.45) is 1.86. The Labute approximate surface area is 268 Å². The highest BCUT2D eigenvalue weighted by Crippen LogP contribution is 2.45. The molecule has 1 aromatic heterocycles. The van der Waals surface area contributed by atoms with E-state index in [1.807, 2.05) is 36.4 Å². The number of phenolic OH excluding ortho intramolecular Hbond substituents is 2. The Balaban J connectivity index is 1.04. The first kappa shape index (κ1) is 31.4. The number of pyridine rings is 1. The molecule has 238 valence electrons. The van der Waals surface area contributed by atoms with E-state index in [0.717, 1.165) is 54.8 Å². The van der Waals surface area contributed by atoms with Gasteiger partial charge in [0.05, 0.1) is 11.6 Å². The lowest BCUT2D eigenvalue weighted by atomic mass is 9.67. The van der Waals surface area contributed by atoms with Crippen LogP contribution < -0.4 is 15.6 Å². The minimum absolute atomic E-state index is 0.0269. The molecule has 46 heavy (non-hydrogen) atoms. The molecule has 5 aromatic rings. The molecule has 0 amide bonds. The molecule has 2 heterocycles. The molecule has 8 nitrogen and oxygen atoms in total. The lowest BCUT2D eigenvalue weighted by Crippen LogP contribution is -2.41. The van der Waals surface area contributed by atoms with Crippen LogP contribution in [0.2, 0.25) is 0 Å². The lowest BCUT2D eigenvalue weighted by Gasteiger charge is -2.42. The van der Waals surface area contributed by atoms with Crippen molar-refractivity contribution in [1.29, 1.82) is 0 Å². The van der Waals surface area contributed by atoms with E-state index in [9.17, 15) is 20.1 Å². The minimum atomic E-state index is -0.799. The summed E-state index contributed by atoms with van der Waals surface area (Å²) < 4.78 is 6.16. The van der Waals surface area contributed by atoms with E-state index in [-0.39, 0.29) is 16.7 Å². The molecule has 1 aliphatic rings. The number of aliphatic hydroxyl groups is 1. The molecule has 8 heteroatoms. The van der Waals surface area contributed by atoms with Gasteiger partial charge in [0, 0.05) is 29.0 Å². The molecule has 0 bridgehead atoms. The summed E-state index contributed by atoms with van der Waals surface area (Å²) in [7, 11) is 2.15. The quantitative estimate of drug-likeness (QED) is 0.126. The molecule has 4 aromatic carbocycles. The number of hydrogen-bond donors (Lipinski definition) is 5. The molecular formula is C38H41N3O5. The number of piperidine rings is 1. The van der Waals surface area contributed by atoms with Crippen LogP contribution >= 0.6 is 0 Å². The summed E-state index contributed by atoms with van der Waals surface area (Å²) >= 11 is 0. The Morgan fingerprint density at radius 3 is 2.37 bits per heavy atom. The number of ether oxygens (including phenoxy) is 1. The third kappa shape index (κ3) is 6.79. The number of aromatic amines is 1. The van der Waals surface area contributed by atoms with Crippen LogP contribution in [0.1, 0.15) is 46.8 Å². The van der Waals surface area contributed by atoms with E-state index in [2.05, 4.69) is 52.6 Å². The van der Waals surface area contributed by atoms with Crippen LogP contribution in [-0.4, -0.2) is 58.4 Å². The molecule has 1 aliphatic heterocycles.